The molecule has 2 nitrogen and oxygen atoms in total. The maximum absolute atomic E-state index is 8.44. The van der Waals surface area contributed by atoms with Gasteiger partial charge in [0.15, 0.2) is 0 Å². The van der Waals surface area contributed by atoms with Crippen LogP contribution >= 0.6 is 11.8 Å². The summed E-state index contributed by atoms with van der Waals surface area (Å²) >= 11 is 1.67. The molecule has 0 aliphatic heterocycles. The first kappa shape index (κ1) is 7.69. The molecule has 0 aliphatic rings. The number of thioether (sulfide) groups is 1. The molecule has 0 fully saturated rings. The first-order chi connectivity index (χ1) is 4.93. The van der Waals surface area contributed by atoms with Gasteiger partial charge >= 0.3 is 0 Å². The van der Waals surface area contributed by atoms with Gasteiger partial charge in [-0.1, -0.05) is 0 Å². The number of hydrogen-bond acceptors (Lipinski definition) is 3. The molecule has 0 bridgehead atoms. The molecule has 0 aromatic carbocycles. The molecule has 1 heterocycles. The Morgan fingerprint density at radius 2 is 2.50 bits per heavy atom. The second kappa shape index (κ2) is 4.41. The molecule has 56 valence electrons. The van der Waals surface area contributed by atoms with Crippen molar-refractivity contribution in [1.29, 1.82) is 0 Å². The molecule has 0 spiro atoms. The second-order valence-corrected chi connectivity index (χ2v) is 2.96. The van der Waals surface area contributed by atoms with Gasteiger partial charge in [-0.3, -0.25) is 0 Å². The van der Waals surface area contributed by atoms with Gasteiger partial charge in [-0.05, 0) is 12.1 Å². The third-order valence-electron chi connectivity index (χ3n) is 1.06. The van der Waals surface area contributed by atoms with Crippen LogP contribution in [0.25, 0.3) is 0 Å². The van der Waals surface area contributed by atoms with Crippen LogP contribution in [-0.4, -0.2) is 17.5 Å². The maximum atomic E-state index is 8.44. The Morgan fingerprint density at radius 1 is 1.60 bits per heavy atom. The van der Waals surface area contributed by atoms with Crippen LogP contribution in [0.1, 0.15) is 5.76 Å². The molecule has 0 unspecified atom stereocenters. The SMILES string of the molecule is OCCSCc1ccco1. The topological polar surface area (TPSA) is 33.4 Å². The zero-order valence-electron chi connectivity index (χ0n) is 5.62. The summed E-state index contributed by atoms with van der Waals surface area (Å²) in [7, 11) is 0. The fraction of sp³-hybridized carbons (Fsp3) is 0.429. The van der Waals surface area contributed by atoms with Crippen LogP contribution in [0.15, 0.2) is 22.8 Å². The Kier molecular flexibility index (Phi) is 3.40. The molecule has 1 rings (SSSR count). The molecule has 0 amide bonds. The Labute approximate surface area is 64.2 Å². The minimum Gasteiger partial charge on any atom is -0.468 e. The molecule has 0 atom stereocenters. The number of aliphatic hydroxyl groups excluding tert-OH is 1. The van der Waals surface area contributed by atoms with E-state index in [1.54, 1.807) is 18.0 Å². The van der Waals surface area contributed by atoms with Crippen LogP contribution in [0.3, 0.4) is 0 Å². The molecule has 10 heavy (non-hydrogen) atoms. The van der Waals surface area contributed by atoms with Gasteiger partial charge in [-0.15, -0.1) is 0 Å². The van der Waals surface area contributed by atoms with E-state index in [1.165, 1.54) is 0 Å². The fourth-order valence-corrected chi connectivity index (χ4v) is 1.27. The van der Waals surface area contributed by atoms with Crippen molar-refractivity contribution in [3.05, 3.63) is 24.2 Å². The van der Waals surface area contributed by atoms with Crippen LogP contribution < -0.4 is 0 Å². The Balaban J connectivity index is 2.15. The maximum Gasteiger partial charge on any atom is 0.113 e. The van der Waals surface area contributed by atoms with Crippen molar-refractivity contribution < 1.29 is 9.52 Å². The predicted molar refractivity (Wildman–Crippen MR) is 42.0 cm³/mol. The van der Waals surface area contributed by atoms with Crippen molar-refractivity contribution >= 4 is 11.8 Å². The van der Waals surface area contributed by atoms with Gasteiger partial charge in [0.25, 0.3) is 0 Å². The Bertz CT molecular complexity index is 160. The van der Waals surface area contributed by atoms with Gasteiger partial charge in [-0.25, -0.2) is 0 Å². The largest absolute Gasteiger partial charge is 0.468 e. The molecule has 1 N–H and O–H groups in total. The lowest BCUT2D eigenvalue weighted by Gasteiger charge is -1.93. The van der Waals surface area contributed by atoms with Crippen molar-refractivity contribution in [2.24, 2.45) is 0 Å². The van der Waals surface area contributed by atoms with E-state index in [-0.39, 0.29) is 6.61 Å². The summed E-state index contributed by atoms with van der Waals surface area (Å²) in [5.41, 5.74) is 0. The molecule has 0 radical (unpaired) electrons. The first-order valence-corrected chi connectivity index (χ1v) is 4.30. The van der Waals surface area contributed by atoms with Crippen LogP contribution in [0.2, 0.25) is 0 Å². The lowest BCUT2D eigenvalue weighted by Crippen LogP contribution is -1.85. The third-order valence-corrected chi connectivity index (χ3v) is 2.02. The standard InChI is InChI=1S/C7H10O2S/c8-3-5-10-6-7-2-1-4-9-7/h1-2,4,8H,3,5-6H2. The first-order valence-electron chi connectivity index (χ1n) is 3.14. The van der Waals surface area contributed by atoms with E-state index in [0.29, 0.717) is 0 Å². The van der Waals surface area contributed by atoms with Crippen LogP contribution in [0, 0.1) is 0 Å². The van der Waals surface area contributed by atoms with Gasteiger partial charge in [-0.2, -0.15) is 11.8 Å². The van der Waals surface area contributed by atoms with E-state index in [2.05, 4.69) is 0 Å². The van der Waals surface area contributed by atoms with Crippen molar-refractivity contribution in [3.8, 4) is 0 Å². The van der Waals surface area contributed by atoms with Crippen molar-refractivity contribution in [3.63, 3.8) is 0 Å². The Morgan fingerprint density at radius 3 is 3.10 bits per heavy atom. The molecule has 0 saturated carbocycles. The van der Waals surface area contributed by atoms with E-state index in [1.807, 2.05) is 12.1 Å². The minimum atomic E-state index is 0.241. The third kappa shape index (κ3) is 2.45. The zero-order chi connectivity index (χ0) is 7.23. The highest BCUT2D eigenvalue weighted by Gasteiger charge is 1.93. The highest BCUT2D eigenvalue weighted by molar-refractivity contribution is 7.98. The molecule has 0 saturated heterocycles. The summed E-state index contributed by atoms with van der Waals surface area (Å²) in [6.45, 7) is 0.241. The average molecular weight is 158 g/mol. The van der Waals surface area contributed by atoms with Gasteiger partial charge < -0.3 is 9.52 Å². The monoisotopic (exact) mass is 158 g/mol. The summed E-state index contributed by atoms with van der Waals surface area (Å²) in [6, 6.07) is 3.80. The van der Waals surface area contributed by atoms with E-state index in [4.69, 9.17) is 9.52 Å². The van der Waals surface area contributed by atoms with Crippen LogP contribution in [0.5, 0.6) is 0 Å². The van der Waals surface area contributed by atoms with Gasteiger partial charge in [0.2, 0.25) is 0 Å². The predicted octanol–water partition coefficient (Wildman–Crippen LogP) is 1.51. The Hall–Kier alpha value is -0.410. The van der Waals surface area contributed by atoms with Gasteiger partial charge in [0.1, 0.15) is 5.76 Å². The van der Waals surface area contributed by atoms with Gasteiger partial charge in [0.05, 0.1) is 18.6 Å². The lowest BCUT2D eigenvalue weighted by atomic mass is 10.5. The summed E-state index contributed by atoms with van der Waals surface area (Å²) in [4.78, 5) is 0. The quantitative estimate of drug-likeness (QED) is 0.674. The average Bonchev–Trinajstić information content (AvgIpc) is 2.41. The van der Waals surface area contributed by atoms with Crippen molar-refractivity contribution in [2.45, 2.75) is 5.75 Å². The molecular formula is C7H10O2S. The molecule has 3 heteroatoms. The fourth-order valence-electron chi connectivity index (χ4n) is 0.632. The number of rotatable bonds is 4. The van der Waals surface area contributed by atoms with Crippen molar-refractivity contribution in [2.75, 3.05) is 12.4 Å². The summed E-state index contributed by atoms with van der Waals surface area (Å²) in [5.74, 6) is 2.60. The summed E-state index contributed by atoms with van der Waals surface area (Å²) < 4.78 is 5.08. The minimum absolute atomic E-state index is 0.241. The zero-order valence-corrected chi connectivity index (χ0v) is 6.43. The number of hydrogen-bond donors (Lipinski definition) is 1. The second-order valence-electron chi connectivity index (χ2n) is 1.86. The summed E-state index contributed by atoms with van der Waals surface area (Å²) in [5, 5.41) is 8.44. The van der Waals surface area contributed by atoms with E-state index >= 15 is 0 Å². The highest BCUT2D eigenvalue weighted by atomic mass is 32.2. The van der Waals surface area contributed by atoms with E-state index in [9.17, 15) is 0 Å². The smallest absolute Gasteiger partial charge is 0.113 e. The molecular weight excluding hydrogens is 148 g/mol. The number of furan rings is 1. The number of aliphatic hydroxyl groups is 1. The summed E-state index contributed by atoms with van der Waals surface area (Å²) in [6.07, 6.45) is 1.66. The lowest BCUT2D eigenvalue weighted by molar-refractivity contribution is 0.322. The molecule has 1 aromatic heterocycles. The normalized spacial score (nSPS) is 10.1. The van der Waals surface area contributed by atoms with E-state index in [0.717, 1.165) is 17.3 Å². The molecule has 0 aliphatic carbocycles. The van der Waals surface area contributed by atoms with Crippen molar-refractivity contribution in [1.82, 2.24) is 0 Å². The van der Waals surface area contributed by atoms with Crippen LogP contribution in [0.4, 0.5) is 0 Å². The highest BCUT2D eigenvalue weighted by Crippen LogP contribution is 2.10. The van der Waals surface area contributed by atoms with Gasteiger partial charge in [0, 0.05) is 5.75 Å². The van der Waals surface area contributed by atoms with Crippen LogP contribution in [-0.2, 0) is 5.75 Å². The van der Waals surface area contributed by atoms with E-state index < -0.39 is 0 Å². The molecule has 1 aromatic rings.